The third kappa shape index (κ3) is 4.38. The van der Waals surface area contributed by atoms with E-state index in [1.807, 2.05) is 13.0 Å². The van der Waals surface area contributed by atoms with E-state index in [0.29, 0.717) is 17.8 Å². The van der Waals surface area contributed by atoms with E-state index >= 15 is 0 Å². The van der Waals surface area contributed by atoms with Gasteiger partial charge in [-0.05, 0) is 44.9 Å². The van der Waals surface area contributed by atoms with Crippen LogP contribution in [0, 0.1) is 6.92 Å². The highest BCUT2D eigenvalue weighted by Crippen LogP contribution is 2.19. The van der Waals surface area contributed by atoms with Crippen LogP contribution in [-0.4, -0.2) is 34.8 Å². The number of nitrogen functional groups attached to an aromatic ring is 1. The Labute approximate surface area is 147 Å². The lowest BCUT2D eigenvalue weighted by Gasteiger charge is -2.15. The van der Waals surface area contributed by atoms with Crippen molar-refractivity contribution in [2.24, 2.45) is 0 Å². The lowest BCUT2D eigenvalue weighted by molar-refractivity contribution is -0.130. The number of carbonyl (C=O) groups excluding carboxylic acids is 3. The van der Waals surface area contributed by atoms with Gasteiger partial charge in [-0.3, -0.25) is 14.5 Å². The highest BCUT2D eigenvalue weighted by atomic mass is 35.5. The van der Waals surface area contributed by atoms with Gasteiger partial charge < -0.3 is 16.4 Å². The molecular formula is C16H23ClN4O3. The topological polar surface area (TPSA) is 105 Å². The minimum Gasteiger partial charge on any atom is -0.399 e. The minimum absolute atomic E-state index is 0. The molecule has 8 heteroatoms. The Balaban J connectivity index is 0.00000288. The maximum Gasteiger partial charge on any atom is 0.325 e. The average Bonchev–Trinajstić information content (AvgIpc) is 2.64. The van der Waals surface area contributed by atoms with Gasteiger partial charge >= 0.3 is 6.03 Å². The van der Waals surface area contributed by atoms with E-state index in [1.54, 1.807) is 26.0 Å². The van der Waals surface area contributed by atoms with Crippen molar-refractivity contribution in [3.05, 3.63) is 23.8 Å². The molecule has 0 saturated carbocycles. The van der Waals surface area contributed by atoms with Crippen LogP contribution in [0.5, 0.6) is 0 Å². The fraction of sp³-hybridized carbons (Fsp3) is 0.438. The van der Waals surface area contributed by atoms with Gasteiger partial charge in [0, 0.05) is 24.3 Å². The predicted molar refractivity (Wildman–Crippen MR) is 95.0 cm³/mol. The Morgan fingerprint density at radius 3 is 2.58 bits per heavy atom. The van der Waals surface area contributed by atoms with Gasteiger partial charge in [-0.15, -0.1) is 12.4 Å². The number of hydrogen-bond donors (Lipinski definition) is 3. The second kappa shape index (κ2) is 7.53. The first kappa shape index (κ1) is 19.8. The zero-order valence-electron chi connectivity index (χ0n) is 14.0. The SMILES string of the molecule is Cc1ccc(N)cc1NC(=O)CCCN1C(=O)NC(C)(C)C1=O.Cl. The Bertz CT molecular complexity index is 661. The van der Waals surface area contributed by atoms with E-state index in [-0.39, 0.29) is 37.2 Å². The molecule has 0 unspecified atom stereocenters. The van der Waals surface area contributed by atoms with Gasteiger partial charge in [-0.1, -0.05) is 6.07 Å². The van der Waals surface area contributed by atoms with Gasteiger partial charge in [0.05, 0.1) is 0 Å². The van der Waals surface area contributed by atoms with Crippen LogP contribution in [0.15, 0.2) is 18.2 Å². The molecular weight excluding hydrogens is 332 g/mol. The third-order valence-corrected chi connectivity index (χ3v) is 3.77. The van der Waals surface area contributed by atoms with Gasteiger partial charge in [-0.2, -0.15) is 0 Å². The number of halogens is 1. The molecule has 1 aliphatic rings. The number of anilines is 2. The van der Waals surface area contributed by atoms with Crippen molar-refractivity contribution in [3.63, 3.8) is 0 Å². The van der Waals surface area contributed by atoms with Crippen LogP contribution in [0.3, 0.4) is 0 Å². The molecule has 0 atom stereocenters. The zero-order valence-corrected chi connectivity index (χ0v) is 14.8. The Morgan fingerprint density at radius 2 is 2.00 bits per heavy atom. The van der Waals surface area contributed by atoms with Crippen molar-refractivity contribution in [1.29, 1.82) is 0 Å². The number of hydrogen-bond acceptors (Lipinski definition) is 4. The molecule has 7 nitrogen and oxygen atoms in total. The van der Waals surface area contributed by atoms with Crippen molar-refractivity contribution in [3.8, 4) is 0 Å². The van der Waals surface area contributed by atoms with Gasteiger partial charge in [0.25, 0.3) is 5.91 Å². The molecule has 132 valence electrons. The summed E-state index contributed by atoms with van der Waals surface area (Å²) in [5.74, 6) is -0.445. The standard InChI is InChI=1S/C16H22N4O3.ClH/c1-10-6-7-11(17)9-12(10)18-13(21)5-4-8-20-14(22)16(2,3)19-15(20)23;/h6-7,9H,4-5,8,17H2,1-3H3,(H,18,21)(H,19,23);1H. The first-order chi connectivity index (χ1) is 10.7. The Hall–Kier alpha value is -2.28. The van der Waals surface area contributed by atoms with E-state index in [0.717, 1.165) is 10.5 Å². The number of nitrogens with two attached hydrogens (primary N) is 1. The summed E-state index contributed by atoms with van der Waals surface area (Å²) < 4.78 is 0. The lowest BCUT2D eigenvalue weighted by atomic mass is 10.1. The second-order valence-electron chi connectivity index (χ2n) is 6.24. The molecule has 1 saturated heterocycles. The first-order valence-electron chi connectivity index (χ1n) is 7.51. The van der Waals surface area contributed by atoms with E-state index in [9.17, 15) is 14.4 Å². The number of nitrogens with zero attached hydrogens (tertiary/aromatic N) is 1. The number of amides is 4. The zero-order chi connectivity index (χ0) is 17.2. The van der Waals surface area contributed by atoms with Gasteiger partial charge in [-0.25, -0.2) is 4.79 Å². The summed E-state index contributed by atoms with van der Waals surface area (Å²) in [6.45, 7) is 5.41. The highest BCUT2D eigenvalue weighted by Gasteiger charge is 2.43. The summed E-state index contributed by atoms with van der Waals surface area (Å²) in [6.07, 6.45) is 0.619. The smallest absolute Gasteiger partial charge is 0.325 e. The number of nitrogens with one attached hydrogen (secondary N) is 2. The van der Waals surface area contributed by atoms with Crippen LogP contribution in [0.1, 0.15) is 32.3 Å². The molecule has 0 spiro atoms. The van der Waals surface area contributed by atoms with Crippen LogP contribution in [0.2, 0.25) is 0 Å². The van der Waals surface area contributed by atoms with E-state index in [4.69, 9.17) is 5.73 Å². The van der Waals surface area contributed by atoms with Crippen molar-refractivity contribution < 1.29 is 14.4 Å². The number of carbonyl (C=O) groups is 3. The Morgan fingerprint density at radius 1 is 1.33 bits per heavy atom. The third-order valence-electron chi connectivity index (χ3n) is 3.77. The molecule has 4 N–H and O–H groups in total. The van der Waals surface area contributed by atoms with Crippen molar-refractivity contribution in [2.45, 2.75) is 39.2 Å². The molecule has 1 aromatic rings. The quantitative estimate of drug-likeness (QED) is 0.556. The van der Waals surface area contributed by atoms with Crippen LogP contribution in [0.4, 0.5) is 16.2 Å². The summed E-state index contributed by atoms with van der Waals surface area (Å²) in [6, 6.07) is 4.89. The molecule has 1 aliphatic heterocycles. The van der Waals surface area contributed by atoms with Gasteiger partial charge in [0.15, 0.2) is 0 Å². The number of imide groups is 1. The fourth-order valence-electron chi connectivity index (χ4n) is 2.41. The summed E-state index contributed by atoms with van der Waals surface area (Å²) >= 11 is 0. The maximum absolute atomic E-state index is 12.0. The largest absolute Gasteiger partial charge is 0.399 e. The molecule has 1 fully saturated rings. The summed E-state index contributed by atoms with van der Waals surface area (Å²) in [4.78, 5) is 36.9. The average molecular weight is 355 g/mol. The van der Waals surface area contributed by atoms with Crippen LogP contribution in [0.25, 0.3) is 0 Å². The molecule has 2 rings (SSSR count). The molecule has 0 bridgehead atoms. The summed E-state index contributed by atoms with van der Waals surface area (Å²) in [5, 5.41) is 5.40. The van der Waals surface area contributed by atoms with Crippen LogP contribution >= 0.6 is 12.4 Å². The predicted octanol–water partition coefficient (Wildman–Crippen LogP) is 2.05. The fourth-order valence-corrected chi connectivity index (χ4v) is 2.41. The second-order valence-corrected chi connectivity index (χ2v) is 6.24. The van der Waals surface area contributed by atoms with Crippen molar-refractivity contribution in [2.75, 3.05) is 17.6 Å². The monoisotopic (exact) mass is 354 g/mol. The maximum atomic E-state index is 12.0. The number of aryl methyl sites for hydroxylation is 1. The minimum atomic E-state index is -0.877. The van der Waals surface area contributed by atoms with Crippen LogP contribution in [-0.2, 0) is 9.59 Å². The molecule has 0 aromatic heterocycles. The van der Waals surface area contributed by atoms with E-state index in [1.165, 1.54) is 0 Å². The van der Waals surface area contributed by atoms with Crippen molar-refractivity contribution in [1.82, 2.24) is 10.2 Å². The molecule has 0 radical (unpaired) electrons. The van der Waals surface area contributed by atoms with Crippen molar-refractivity contribution >= 4 is 41.6 Å². The van der Waals surface area contributed by atoms with Crippen LogP contribution < -0.4 is 16.4 Å². The number of rotatable bonds is 5. The lowest BCUT2D eigenvalue weighted by Crippen LogP contribution is -2.40. The van der Waals surface area contributed by atoms with Gasteiger partial charge in [0.1, 0.15) is 5.54 Å². The summed E-state index contributed by atoms with van der Waals surface area (Å²) in [7, 11) is 0. The Kier molecular flexibility index (Phi) is 6.20. The highest BCUT2D eigenvalue weighted by molar-refractivity contribution is 6.06. The molecule has 1 aromatic carbocycles. The number of benzene rings is 1. The van der Waals surface area contributed by atoms with E-state index < -0.39 is 11.6 Å². The summed E-state index contributed by atoms with van der Waals surface area (Å²) in [5.41, 5.74) is 6.99. The molecule has 24 heavy (non-hydrogen) atoms. The van der Waals surface area contributed by atoms with E-state index in [2.05, 4.69) is 10.6 Å². The molecule has 4 amide bonds. The van der Waals surface area contributed by atoms with Gasteiger partial charge in [0.2, 0.25) is 5.91 Å². The first-order valence-corrected chi connectivity index (χ1v) is 7.51. The molecule has 1 heterocycles. The molecule has 0 aliphatic carbocycles. The number of urea groups is 1. The normalized spacial score (nSPS) is 15.7.